The molecule has 0 radical (unpaired) electrons. The minimum atomic E-state index is 0.721. The first-order chi connectivity index (χ1) is 6.79. The fourth-order valence-corrected chi connectivity index (χ4v) is 1.48. The molecule has 1 aromatic carbocycles. The van der Waals surface area contributed by atoms with Crippen LogP contribution in [0.5, 0.6) is 5.75 Å². The van der Waals surface area contributed by atoms with Crippen molar-refractivity contribution in [1.82, 2.24) is 0 Å². The van der Waals surface area contributed by atoms with E-state index < -0.39 is 0 Å². The quantitative estimate of drug-likeness (QED) is 0.732. The normalized spacial score (nSPS) is 15.2. The van der Waals surface area contributed by atoms with Crippen LogP contribution in [0, 0.1) is 5.92 Å². The van der Waals surface area contributed by atoms with Crippen LogP contribution >= 0.6 is 11.6 Å². The lowest BCUT2D eigenvalue weighted by atomic mass is 10.2. The molecule has 0 aliphatic heterocycles. The highest BCUT2D eigenvalue weighted by Gasteiger charge is 2.22. The number of benzene rings is 1. The topological polar surface area (TPSA) is 9.23 Å². The standard InChI is InChI=1S/C12H13ClO/c1-2-10-7-11(13)5-6-12(10)14-8-9-3-4-9/h2,5-7,9H,1,3-4,8H2. The fourth-order valence-electron chi connectivity index (χ4n) is 1.30. The highest BCUT2D eigenvalue weighted by atomic mass is 35.5. The molecule has 2 rings (SSSR count). The van der Waals surface area contributed by atoms with E-state index in [4.69, 9.17) is 16.3 Å². The van der Waals surface area contributed by atoms with Gasteiger partial charge in [0.1, 0.15) is 5.75 Å². The Kier molecular flexibility index (Phi) is 2.78. The van der Waals surface area contributed by atoms with Crippen LogP contribution in [0.15, 0.2) is 24.8 Å². The summed E-state index contributed by atoms with van der Waals surface area (Å²) in [7, 11) is 0. The van der Waals surface area contributed by atoms with Crippen molar-refractivity contribution < 1.29 is 4.74 Å². The average molecular weight is 209 g/mol. The SMILES string of the molecule is C=Cc1cc(Cl)ccc1OCC1CC1. The van der Waals surface area contributed by atoms with Crippen LogP contribution in [0.3, 0.4) is 0 Å². The van der Waals surface area contributed by atoms with Gasteiger partial charge < -0.3 is 4.74 Å². The van der Waals surface area contributed by atoms with Crippen molar-refractivity contribution in [1.29, 1.82) is 0 Å². The fraction of sp³-hybridized carbons (Fsp3) is 0.333. The van der Waals surface area contributed by atoms with E-state index in [9.17, 15) is 0 Å². The van der Waals surface area contributed by atoms with E-state index >= 15 is 0 Å². The lowest BCUT2D eigenvalue weighted by molar-refractivity contribution is 0.299. The van der Waals surface area contributed by atoms with Gasteiger partial charge in [0.05, 0.1) is 6.61 Å². The molecule has 2 heteroatoms. The summed E-state index contributed by atoms with van der Waals surface area (Å²) in [4.78, 5) is 0. The smallest absolute Gasteiger partial charge is 0.126 e. The van der Waals surface area contributed by atoms with Gasteiger partial charge in [0, 0.05) is 10.6 Å². The van der Waals surface area contributed by atoms with Crippen molar-refractivity contribution in [2.75, 3.05) is 6.61 Å². The number of hydrogen-bond donors (Lipinski definition) is 0. The first-order valence-corrected chi connectivity index (χ1v) is 5.22. The summed E-state index contributed by atoms with van der Waals surface area (Å²) in [6, 6.07) is 5.62. The van der Waals surface area contributed by atoms with Gasteiger partial charge in [0.25, 0.3) is 0 Å². The van der Waals surface area contributed by atoms with Crippen LogP contribution < -0.4 is 4.74 Å². The lowest BCUT2D eigenvalue weighted by Gasteiger charge is -2.08. The third-order valence-corrected chi connectivity index (χ3v) is 2.60. The van der Waals surface area contributed by atoms with Crippen molar-refractivity contribution in [3.8, 4) is 5.75 Å². The molecule has 1 fully saturated rings. The zero-order valence-electron chi connectivity index (χ0n) is 8.00. The van der Waals surface area contributed by atoms with Gasteiger partial charge >= 0.3 is 0 Å². The first-order valence-electron chi connectivity index (χ1n) is 4.84. The molecule has 0 aromatic heterocycles. The van der Waals surface area contributed by atoms with Crippen LogP contribution in [-0.4, -0.2) is 6.61 Å². The van der Waals surface area contributed by atoms with Crippen LogP contribution in [0.25, 0.3) is 6.08 Å². The molecule has 1 aliphatic carbocycles. The highest BCUT2D eigenvalue weighted by Crippen LogP contribution is 2.31. The van der Waals surface area contributed by atoms with Gasteiger partial charge in [0.2, 0.25) is 0 Å². The Morgan fingerprint density at radius 3 is 2.93 bits per heavy atom. The van der Waals surface area contributed by atoms with Crippen molar-refractivity contribution in [2.24, 2.45) is 5.92 Å². The van der Waals surface area contributed by atoms with Crippen LogP contribution in [0.1, 0.15) is 18.4 Å². The number of ether oxygens (including phenoxy) is 1. The maximum Gasteiger partial charge on any atom is 0.126 e. The van der Waals surface area contributed by atoms with Crippen molar-refractivity contribution in [3.05, 3.63) is 35.4 Å². The van der Waals surface area contributed by atoms with Gasteiger partial charge in [-0.2, -0.15) is 0 Å². The van der Waals surface area contributed by atoms with E-state index in [1.807, 2.05) is 18.2 Å². The van der Waals surface area contributed by atoms with E-state index in [-0.39, 0.29) is 0 Å². The Labute approximate surface area is 89.3 Å². The monoisotopic (exact) mass is 208 g/mol. The average Bonchev–Trinajstić information content (AvgIpc) is 2.99. The molecule has 1 saturated carbocycles. The van der Waals surface area contributed by atoms with Crippen molar-refractivity contribution >= 4 is 17.7 Å². The Bertz CT molecular complexity index is 342. The number of halogens is 1. The van der Waals surface area contributed by atoms with Gasteiger partial charge in [-0.1, -0.05) is 24.3 Å². The minimum absolute atomic E-state index is 0.721. The first kappa shape index (κ1) is 9.60. The predicted molar refractivity (Wildman–Crippen MR) is 59.8 cm³/mol. The van der Waals surface area contributed by atoms with Gasteiger partial charge in [-0.05, 0) is 37.0 Å². The van der Waals surface area contributed by atoms with E-state index in [1.54, 1.807) is 6.08 Å². The molecular weight excluding hydrogens is 196 g/mol. The van der Waals surface area contributed by atoms with Crippen LogP contribution in [-0.2, 0) is 0 Å². The summed E-state index contributed by atoms with van der Waals surface area (Å²) in [6.07, 6.45) is 4.38. The summed E-state index contributed by atoms with van der Waals surface area (Å²) in [5, 5.41) is 0.721. The summed E-state index contributed by atoms with van der Waals surface area (Å²) >= 11 is 5.87. The maximum absolute atomic E-state index is 5.87. The second-order valence-electron chi connectivity index (χ2n) is 3.64. The molecule has 1 aliphatic rings. The molecule has 0 amide bonds. The third kappa shape index (κ3) is 2.30. The molecule has 74 valence electrons. The Balaban J connectivity index is 2.09. The molecule has 0 unspecified atom stereocenters. The molecular formula is C12H13ClO. The predicted octanol–water partition coefficient (Wildman–Crippen LogP) is 3.77. The van der Waals surface area contributed by atoms with Gasteiger partial charge in [-0.25, -0.2) is 0 Å². The molecule has 1 aromatic rings. The Hall–Kier alpha value is -0.950. The molecule has 0 bridgehead atoms. The molecule has 0 spiro atoms. The van der Waals surface area contributed by atoms with Crippen molar-refractivity contribution in [3.63, 3.8) is 0 Å². The summed E-state index contributed by atoms with van der Waals surface area (Å²) in [5.74, 6) is 1.65. The second-order valence-corrected chi connectivity index (χ2v) is 4.08. The van der Waals surface area contributed by atoms with E-state index in [2.05, 4.69) is 6.58 Å². The minimum Gasteiger partial charge on any atom is -0.493 e. The molecule has 0 heterocycles. The summed E-state index contributed by atoms with van der Waals surface area (Å²) in [5.41, 5.74) is 0.971. The van der Waals surface area contributed by atoms with E-state index in [0.29, 0.717) is 0 Å². The second kappa shape index (κ2) is 4.05. The zero-order valence-corrected chi connectivity index (χ0v) is 8.76. The van der Waals surface area contributed by atoms with Crippen LogP contribution in [0.4, 0.5) is 0 Å². The van der Waals surface area contributed by atoms with E-state index in [0.717, 1.165) is 28.9 Å². The molecule has 1 nitrogen and oxygen atoms in total. The summed E-state index contributed by atoms with van der Waals surface area (Å²) in [6.45, 7) is 4.56. The molecule has 14 heavy (non-hydrogen) atoms. The van der Waals surface area contributed by atoms with Crippen LogP contribution in [0.2, 0.25) is 5.02 Å². The third-order valence-electron chi connectivity index (χ3n) is 2.36. The van der Waals surface area contributed by atoms with Crippen molar-refractivity contribution in [2.45, 2.75) is 12.8 Å². The van der Waals surface area contributed by atoms with Gasteiger partial charge in [-0.3, -0.25) is 0 Å². The molecule has 0 atom stereocenters. The maximum atomic E-state index is 5.87. The number of hydrogen-bond acceptors (Lipinski definition) is 1. The molecule has 0 N–H and O–H groups in total. The summed E-state index contributed by atoms with van der Waals surface area (Å²) < 4.78 is 5.68. The van der Waals surface area contributed by atoms with Gasteiger partial charge in [0.15, 0.2) is 0 Å². The Morgan fingerprint density at radius 2 is 2.29 bits per heavy atom. The van der Waals surface area contributed by atoms with E-state index in [1.165, 1.54) is 12.8 Å². The molecule has 0 saturated heterocycles. The lowest BCUT2D eigenvalue weighted by Crippen LogP contribution is -2.00. The Morgan fingerprint density at radius 1 is 1.50 bits per heavy atom. The number of rotatable bonds is 4. The highest BCUT2D eigenvalue weighted by molar-refractivity contribution is 6.30. The van der Waals surface area contributed by atoms with Gasteiger partial charge in [-0.15, -0.1) is 0 Å². The zero-order chi connectivity index (χ0) is 9.97. The largest absolute Gasteiger partial charge is 0.493 e.